The summed E-state index contributed by atoms with van der Waals surface area (Å²) in [5.41, 5.74) is 2.70. The fraction of sp³-hybridized carbons (Fsp3) is 0.381. The molecule has 4 rings (SSSR count). The molecule has 0 spiro atoms. The van der Waals surface area contributed by atoms with Crippen LogP contribution in [-0.2, 0) is 13.1 Å². The van der Waals surface area contributed by atoms with E-state index in [2.05, 4.69) is 21.8 Å². The van der Waals surface area contributed by atoms with Crippen LogP contribution in [0.4, 0.5) is 9.18 Å². The van der Waals surface area contributed by atoms with E-state index in [1.807, 2.05) is 17.0 Å². The molecule has 7 heteroatoms. The number of imidazole rings is 1. The highest BCUT2D eigenvalue weighted by atomic mass is 19.1. The van der Waals surface area contributed by atoms with Crippen LogP contribution in [0.3, 0.4) is 0 Å². The van der Waals surface area contributed by atoms with Crippen LogP contribution in [-0.4, -0.2) is 38.6 Å². The molecule has 0 aliphatic carbocycles. The minimum atomic E-state index is -0.276. The number of rotatable bonds is 5. The lowest BCUT2D eigenvalue weighted by molar-refractivity contribution is 0.207. The Labute approximate surface area is 163 Å². The third kappa shape index (κ3) is 3.69. The molecule has 0 unspecified atom stereocenters. The van der Waals surface area contributed by atoms with Crippen LogP contribution in [0, 0.1) is 5.82 Å². The Balaban J connectivity index is 1.43. The van der Waals surface area contributed by atoms with Gasteiger partial charge in [-0.05, 0) is 42.7 Å². The van der Waals surface area contributed by atoms with Gasteiger partial charge in [0.15, 0.2) is 5.65 Å². The number of likely N-dealkylation sites (tertiary alicyclic amines) is 1. The summed E-state index contributed by atoms with van der Waals surface area (Å²) >= 11 is 0. The molecule has 0 saturated carbocycles. The number of hydrogen-bond donors (Lipinski definition) is 1. The second kappa shape index (κ2) is 7.96. The van der Waals surface area contributed by atoms with E-state index in [-0.39, 0.29) is 17.8 Å². The molecular weight excluding hydrogens is 357 g/mol. The molecular formula is C21H24FN5O. The quantitative estimate of drug-likeness (QED) is 0.733. The van der Waals surface area contributed by atoms with Gasteiger partial charge in [0, 0.05) is 38.3 Å². The van der Waals surface area contributed by atoms with E-state index in [0.717, 1.165) is 41.9 Å². The second-order valence-corrected chi connectivity index (χ2v) is 7.18. The molecule has 3 heterocycles. The van der Waals surface area contributed by atoms with Gasteiger partial charge in [-0.2, -0.15) is 0 Å². The maximum atomic E-state index is 13.0. The van der Waals surface area contributed by atoms with Crippen molar-refractivity contribution in [2.24, 2.45) is 0 Å². The van der Waals surface area contributed by atoms with E-state index < -0.39 is 0 Å². The number of pyridine rings is 1. The zero-order valence-corrected chi connectivity index (χ0v) is 15.9. The molecule has 1 fully saturated rings. The lowest BCUT2D eigenvalue weighted by Gasteiger charge is -2.18. The van der Waals surface area contributed by atoms with Gasteiger partial charge in [-0.1, -0.05) is 19.1 Å². The van der Waals surface area contributed by atoms with Gasteiger partial charge in [-0.15, -0.1) is 0 Å². The number of carbonyl (C=O) groups is 1. The summed E-state index contributed by atoms with van der Waals surface area (Å²) in [5.74, 6) is 0.948. The molecule has 1 aliphatic heterocycles. The number of nitrogens with one attached hydrogen (secondary N) is 1. The average Bonchev–Trinajstić information content (AvgIpc) is 3.33. The first kappa shape index (κ1) is 18.4. The van der Waals surface area contributed by atoms with E-state index in [4.69, 9.17) is 4.98 Å². The second-order valence-electron chi connectivity index (χ2n) is 7.18. The molecule has 0 bridgehead atoms. The first-order chi connectivity index (χ1) is 13.7. The highest BCUT2D eigenvalue weighted by Gasteiger charge is 2.31. The number of nitrogens with zero attached hydrogens (tertiary/aromatic N) is 4. The smallest absolute Gasteiger partial charge is 0.317 e. The van der Waals surface area contributed by atoms with E-state index in [1.165, 1.54) is 12.1 Å². The van der Waals surface area contributed by atoms with Crippen molar-refractivity contribution in [1.82, 2.24) is 24.8 Å². The summed E-state index contributed by atoms with van der Waals surface area (Å²) in [6, 6.07) is 9.96. The van der Waals surface area contributed by atoms with Gasteiger partial charge < -0.3 is 14.8 Å². The molecule has 6 nitrogen and oxygen atoms in total. The zero-order valence-electron chi connectivity index (χ0n) is 15.9. The minimum absolute atomic E-state index is 0.0943. The highest BCUT2D eigenvalue weighted by molar-refractivity contribution is 5.75. The van der Waals surface area contributed by atoms with Crippen molar-refractivity contribution in [2.75, 3.05) is 13.1 Å². The fourth-order valence-corrected chi connectivity index (χ4v) is 3.78. The van der Waals surface area contributed by atoms with E-state index in [1.54, 1.807) is 18.3 Å². The van der Waals surface area contributed by atoms with E-state index >= 15 is 0 Å². The van der Waals surface area contributed by atoms with Crippen molar-refractivity contribution < 1.29 is 9.18 Å². The number of aromatic nitrogens is 3. The standard InChI is InChI=1S/C21H24FN5O/c1-2-11-27-19(25-18-4-3-10-23-20(18)27)16-9-12-26(14-16)21(28)24-13-15-5-7-17(22)8-6-15/h3-8,10,16H,2,9,11-14H2,1H3,(H,24,28)/t16-/m0/s1. The highest BCUT2D eigenvalue weighted by Crippen LogP contribution is 2.29. The lowest BCUT2D eigenvalue weighted by Crippen LogP contribution is -2.38. The number of hydrogen-bond acceptors (Lipinski definition) is 3. The molecule has 1 atom stereocenters. The third-order valence-corrected chi connectivity index (χ3v) is 5.18. The number of urea groups is 1. The monoisotopic (exact) mass is 381 g/mol. The van der Waals surface area contributed by atoms with Crippen molar-refractivity contribution in [1.29, 1.82) is 0 Å². The SMILES string of the molecule is CCCn1c([C@H]2CCN(C(=O)NCc3ccc(F)cc3)C2)nc2cccnc21. The molecule has 1 aromatic carbocycles. The Morgan fingerprint density at radius 2 is 2.11 bits per heavy atom. The summed E-state index contributed by atoms with van der Waals surface area (Å²) in [6.45, 7) is 4.74. The molecule has 146 valence electrons. The maximum Gasteiger partial charge on any atom is 0.317 e. The summed E-state index contributed by atoms with van der Waals surface area (Å²) in [4.78, 5) is 23.7. The molecule has 1 N–H and O–H groups in total. The van der Waals surface area contributed by atoms with E-state index in [0.29, 0.717) is 19.6 Å². The number of halogens is 1. The molecule has 0 radical (unpaired) electrons. The van der Waals surface area contributed by atoms with Crippen molar-refractivity contribution in [3.63, 3.8) is 0 Å². The first-order valence-corrected chi connectivity index (χ1v) is 9.74. The van der Waals surface area contributed by atoms with Gasteiger partial charge >= 0.3 is 6.03 Å². The summed E-state index contributed by atoms with van der Waals surface area (Å²) in [7, 11) is 0. The lowest BCUT2D eigenvalue weighted by atomic mass is 10.1. The van der Waals surface area contributed by atoms with Crippen molar-refractivity contribution in [2.45, 2.75) is 38.8 Å². The average molecular weight is 381 g/mol. The van der Waals surface area contributed by atoms with Crippen LogP contribution in [0.1, 0.15) is 37.1 Å². The van der Waals surface area contributed by atoms with Gasteiger partial charge in [-0.3, -0.25) is 0 Å². The fourth-order valence-electron chi connectivity index (χ4n) is 3.78. The summed E-state index contributed by atoms with van der Waals surface area (Å²) < 4.78 is 15.2. The van der Waals surface area contributed by atoms with Crippen molar-refractivity contribution in [3.05, 3.63) is 59.8 Å². The number of aryl methyl sites for hydroxylation is 1. The largest absolute Gasteiger partial charge is 0.334 e. The Morgan fingerprint density at radius 1 is 1.29 bits per heavy atom. The van der Waals surface area contributed by atoms with Crippen LogP contribution in [0.5, 0.6) is 0 Å². The predicted molar refractivity (Wildman–Crippen MR) is 105 cm³/mol. The van der Waals surface area contributed by atoms with Crippen LogP contribution >= 0.6 is 0 Å². The van der Waals surface area contributed by atoms with Gasteiger partial charge in [-0.25, -0.2) is 19.2 Å². The van der Waals surface area contributed by atoms with Crippen molar-refractivity contribution in [3.8, 4) is 0 Å². The molecule has 1 aliphatic rings. The Bertz CT molecular complexity index is 969. The van der Waals surface area contributed by atoms with Gasteiger partial charge in [0.1, 0.15) is 17.2 Å². The Kier molecular flexibility index (Phi) is 5.23. The van der Waals surface area contributed by atoms with Crippen LogP contribution < -0.4 is 5.32 Å². The summed E-state index contributed by atoms with van der Waals surface area (Å²) in [5, 5.41) is 2.92. The first-order valence-electron chi connectivity index (χ1n) is 9.74. The van der Waals surface area contributed by atoms with Gasteiger partial charge in [0.25, 0.3) is 0 Å². The Hall–Kier alpha value is -2.96. The number of carbonyl (C=O) groups excluding carboxylic acids is 1. The topological polar surface area (TPSA) is 63.1 Å². The van der Waals surface area contributed by atoms with Crippen LogP contribution in [0.25, 0.3) is 11.2 Å². The molecule has 3 aromatic rings. The normalized spacial score (nSPS) is 16.6. The van der Waals surface area contributed by atoms with Gasteiger partial charge in [0.2, 0.25) is 0 Å². The number of benzene rings is 1. The zero-order chi connectivity index (χ0) is 19.5. The van der Waals surface area contributed by atoms with Gasteiger partial charge in [0.05, 0.1) is 0 Å². The van der Waals surface area contributed by atoms with E-state index in [9.17, 15) is 9.18 Å². The van der Waals surface area contributed by atoms with Crippen LogP contribution in [0.15, 0.2) is 42.6 Å². The summed E-state index contributed by atoms with van der Waals surface area (Å²) in [6.07, 6.45) is 3.68. The molecule has 28 heavy (non-hydrogen) atoms. The molecule has 2 amide bonds. The van der Waals surface area contributed by atoms with Crippen LogP contribution in [0.2, 0.25) is 0 Å². The third-order valence-electron chi connectivity index (χ3n) is 5.18. The maximum absolute atomic E-state index is 13.0. The Morgan fingerprint density at radius 3 is 2.89 bits per heavy atom. The predicted octanol–water partition coefficient (Wildman–Crippen LogP) is 3.68. The number of fused-ring (bicyclic) bond motifs is 1. The number of amides is 2. The van der Waals surface area contributed by atoms with Crippen molar-refractivity contribution >= 4 is 17.2 Å². The minimum Gasteiger partial charge on any atom is -0.334 e. The molecule has 2 aromatic heterocycles. The molecule has 1 saturated heterocycles.